The number of carbonyl (C=O) groups excluding carboxylic acids is 1. The summed E-state index contributed by atoms with van der Waals surface area (Å²) in [7, 11) is 0. The first-order valence-corrected chi connectivity index (χ1v) is 7.75. The third-order valence-corrected chi connectivity index (χ3v) is 4.93. The van der Waals surface area contributed by atoms with Crippen LogP contribution in [-0.2, 0) is 0 Å². The largest absolute Gasteiger partial charge is 0.388 e. The van der Waals surface area contributed by atoms with Crippen LogP contribution < -0.4 is 0 Å². The number of carbonyl (C=O) groups is 1. The Morgan fingerprint density at radius 2 is 1.86 bits per heavy atom. The van der Waals surface area contributed by atoms with Crippen molar-refractivity contribution in [2.24, 2.45) is 5.92 Å². The molecule has 1 heterocycles. The van der Waals surface area contributed by atoms with Gasteiger partial charge in [-0.2, -0.15) is 0 Å². The van der Waals surface area contributed by atoms with E-state index in [0.29, 0.717) is 16.9 Å². The van der Waals surface area contributed by atoms with Gasteiger partial charge in [0.15, 0.2) is 5.78 Å². The second kappa shape index (κ2) is 5.90. The zero-order valence-corrected chi connectivity index (χ0v) is 12.3. The average molecular weight is 315 g/mol. The second-order valence-corrected chi connectivity index (χ2v) is 6.13. The number of nitro groups is 1. The summed E-state index contributed by atoms with van der Waals surface area (Å²) in [6.45, 7) is 0. The van der Waals surface area contributed by atoms with E-state index in [2.05, 4.69) is 0 Å². The monoisotopic (exact) mass is 315 g/mol. The molecular weight excluding hydrogens is 302 g/mol. The molecule has 22 heavy (non-hydrogen) atoms. The van der Waals surface area contributed by atoms with Crippen LogP contribution in [0.1, 0.15) is 22.0 Å². The Labute approximate surface area is 131 Å². The van der Waals surface area contributed by atoms with E-state index in [1.54, 1.807) is 23.9 Å². The molecule has 2 atom stereocenters. The standard InChI is InChI=1S/C16H13NO4S/c18-15(10-5-7-11(8-6-10)17(20)21)13-9-22-14-4-2-1-3-12(14)16(13)19/h1-8,13,15,18H,9H2/t13-,15+/m0/s1. The lowest BCUT2D eigenvalue weighted by atomic mass is 9.89. The molecule has 0 saturated heterocycles. The maximum absolute atomic E-state index is 12.5. The van der Waals surface area contributed by atoms with Gasteiger partial charge in [0.25, 0.3) is 5.69 Å². The first-order valence-electron chi connectivity index (χ1n) is 6.76. The van der Waals surface area contributed by atoms with Gasteiger partial charge in [-0.25, -0.2) is 0 Å². The number of hydrogen-bond donors (Lipinski definition) is 1. The molecule has 112 valence electrons. The number of rotatable bonds is 3. The fourth-order valence-electron chi connectivity index (χ4n) is 2.51. The molecule has 0 radical (unpaired) electrons. The van der Waals surface area contributed by atoms with Crippen LogP contribution in [0.25, 0.3) is 0 Å². The zero-order chi connectivity index (χ0) is 15.7. The smallest absolute Gasteiger partial charge is 0.269 e. The van der Waals surface area contributed by atoms with E-state index in [1.165, 1.54) is 24.3 Å². The minimum absolute atomic E-state index is 0.0364. The van der Waals surface area contributed by atoms with Gasteiger partial charge < -0.3 is 5.11 Å². The highest BCUT2D eigenvalue weighted by atomic mass is 32.2. The maximum atomic E-state index is 12.5. The van der Waals surface area contributed by atoms with Crippen LogP contribution in [0.15, 0.2) is 53.4 Å². The van der Waals surface area contributed by atoms with E-state index in [1.807, 2.05) is 12.1 Å². The van der Waals surface area contributed by atoms with Crippen LogP contribution in [0.3, 0.4) is 0 Å². The summed E-state index contributed by atoms with van der Waals surface area (Å²) < 4.78 is 0. The van der Waals surface area contributed by atoms with Crippen molar-refractivity contribution >= 4 is 23.2 Å². The number of nitrogens with zero attached hydrogens (tertiary/aromatic N) is 1. The van der Waals surface area contributed by atoms with Gasteiger partial charge in [0.05, 0.1) is 16.9 Å². The van der Waals surface area contributed by atoms with Gasteiger partial charge in [0.2, 0.25) is 0 Å². The highest BCUT2D eigenvalue weighted by Crippen LogP contribution is 2.38. The van der Waals surface area contributed by atoms with Crippen molar-refractivity contribution in [3.05, 3.63) is 69.8 Å². The van der Waals surface area contributed by atoms with Crippen molar-refractivity contribution in [2.45, 2.75) is 11.0 Å². The van der Waals surface area contributed by atoms with E-state index in [9.17, 15) is 20.0 Å². The van der Waals surface area contributed by atoms with Crippen molar-refractivity contribution in [1.29, 1.82) is 0 Å². The van der Waals surface area contributed by atoms with Gasteiger partial charge in [-0.15, -0.1) is 11.8 Å². The molecule has 2 aromatic carbocycles. The van der Waals surface area contributed by atoms with E-state index in [4.69, 9.17) is 0 Å². The number of aliphatic hydroxyl groups excluding tert-OH is 1. The van der Waals surface area contributed by atoms with E-state index < -0.39 is 16.9 Å². The van der Waals surface area contributed by atoms with Crippen molar-refractivity contribution in [3.63, 3.8) is 0 Å². The lowest BCUT2D eigenvalue weighted by molar-refractivity contribution is -0.384. The number of Topliss-reactive ketones (excluding diaryl/α,β-unsaturated/α-hetero) is 1. The Balaban J connectivity index is 1.85. The molecule has 3 rings (SSSR count). The molecule has 1 N–H and O–H groups in total. The number of non-ortho nitro benzene ring substituents is 1. The summed E-state index contributed by atoms with van der Waals surface area (Å²) in [4.78, 5) is 23.6. The number of nitro benzene ring substituents is 1. The molecule has 5 nitrogen and oxygen atoms in total. The molecule has 0 fully saturated rings. The number of hydrogen-bond acceptors (Lipinski definition) is 5. The summed E-state index contributed by atoms with van der Waals surface area (Å²) >= 11 is 1.54. The Kier molecular flexibility index (Phi) is 3.96. The summed E-state index contributed by atoms with van der Waals surface area (Å²) in [5.74, 6) is -0.130. The van der Waals surface area contributed by atoms with Gasteiger partial charge in [-0.3, -0.25) is 14.9 Å². The van der Waals surface area contributed by atoms with Gasteiger partial charge in [0.1, 0.15) is 0 Å². The number of aliphatic hydroxyl groups is 1. The SMILES string of the molecule is O=C1c2ccccc2SC[C@H]1[C@H](O)c1ccc([N+](=O)[O-])cc1. The van der Waals surface area contributed by atoms with Gasteiger partial charge in [-0.1, -0.05) is 18.2 Å². The normalized spacial score (nSPS) is 18.6. The molecule has 0 amide bonds. The highest BCUT2D eigenvalue weighted by molar-refractivity contribution is 7.99. The fourth-order valence-corrected chi connectivity index (χ4v) is 3.70. The van der Waals surface area contributed by atoms with Crippen LogP contribution >= 0.6 is 11.8 Å². The van der Waals surface area contributed by atoms with Crippen molar-refractivity contribution < 1.29 is 14.8 Å². The third-order valence-electron chi connectivity index (χ3n) is 3.73. The maximum Gasteiger partial charge on any atom is 0.269 e. The van der Waals surface area contributed by atoms with Crippen LogP contribution in [0, 0.1) is 16.0 Å². The van der Waals surface area contributed by atoms with E-state index in [-0.39, 0.29) is 11.5 Å². The molecule has 0 bridgehead atoms. The molecule has 1 aliphatic rings. The van der Waals surface area contributed by atoms with Crippen molar-refractivity contribution in [1.82, 2.24) is 0 Å². The molecule has 0 unspecified atom stereocenters. The van der Waals surface area contributed by atoms with Crippen LogP contribution in [0.2, 0.25) is 0 Å². The Morgan fingerprint density at radius 1 is 1.18 bits per heavy atom. The summed E-state index contributed by atoms with van der Waals surface area (Å²) in [5, 5.41) is 21.1. The lowest BCUT2D eigenvalue weighted by Crippen LogP contribution is -2.28. The van der Waals surface area contributed by atoms with Gasteiger partial charge in [0, 0.05) is 28.3 Å². The van der Waals surface area contributed by atoms with E-state index in [0.717, 1.165) is 4.90 Å². The molecule has 1 aliphatic heterocycles. The lowest BCUT2D eigenvalue weighted by Gasteiger charge is -2.26. The molecule has 0 aromatic heterocycles. The first kappa shape index (κ1) is 14.7. The number of fused-ring (bicyclic) bond motifs is 1. The van der Waals surface area contributed by atoms with Crippen molar-refractivity contribution in [2.75, 3.05) is 5.75 Å². The number of ketones is 1. The quantitative estimate of drug-likeness (QED) is 0.694. The molecule has 0 spiro atoms. The summed E-state index contributed by atoms with van der Waals surface area (Å²) in [5.41, 5.74) is 1.11. The van der Waals surface area contributed by atoms with Crippen LogP contribution in [-0.4, -0.2) is 21.6 Å². The minimum Gasteiger partial charge on any atom is -0.388 e. The Bertz CT molecular complexity index is 729. The summed E-state index contributed by atoms with van der Waals surface area (Å²) in [6, 6.07) is 13.0. The molecular formula is C16H13NO4S. The van der Waals surface area contributed by atoms with Crippen molar-refractivity contribution in [3.8, 4) is 0 Å². The molecule has 2 aromatic rings. The van der Waals surface area contributed by atoms with Gasteiger partial charge in [-0.05, 0) is 23.8 Å². The molecule has 0 saturated carbocycles. The average Bonchev–Trinajstić information content (AvgIpc) is 2.55. The molecule has 0 aliphatic carbocycles. The third kappa shape index (κ3) is 2.63. The fraction of sp³-hybridized carbons (Fsp3) is 0.188. The van der Waals surface area contributed by atoms with E-state index >= 15 is 0 Å². The van der Waals surface area contributed by atoms with Crippen LogP contribution in [0.4, 0.5) is 5.69 Å². The summed E-state index contributed by atoms with van der Waals surface area (Å²) in [6.07, 6.45) is -0.964. The first-order chi connectivity index (χ1) is 10.6. The number of benzene rings is 2. The predicted molar refractivity (Wildman–Crippen MR) is 83.0 cm³/mol. The highest BCUT2D eigenvalue weighted by Gasteiger charge is 2.33. The minimum atomic E-state index is -0.964. The predicted octanol–water partition coefficient (Wildman–Crippen LogP) is 3.23. The zero-order valence-electron chi connectivity index (χ0n) is 11.5. The molecule has 6 heteroatoms. The second-order valence-electron chi connectivity index (χ2n) is 5.07. The van der Waals surface area contributed by atoms with Gasteiger partial charge >= 0.3 is 0 Å². The number of thioether (sulfide) groups is 1. The van der Waals surface area contributed by atoms with Crippen LogP contribution in [0.5, 0.6) is 0 Å². The Hall–Kier alpha value is -2.18. The Morgan fingerprint density at radius 3 is 2.55 bits per heavy atom. The topological polar surface area (TPSA) is 80.4 Å².